The molecule has 0 saturated carbocycles. The number of benzene rings is 2. The average molecular weight is 361 g/mol. The number of hydrogen-bond donors (Lipinski definition) is 1. The minimum absolute atomic E-state index is 0.117. The number of fused-ring (bicyclic) bond motifs is 1. The first kappa shape index (κ1) is 17.0. The number of carbonyl (C=O) groups is 1. The quantitative estimate of drug-likeness (QED) is 0.767. The molecule has 136 valence electrons. The highest BCUT2D eigenvalue weighted by Crippen LogP contribution is 2.28. The van der Waals surface area contributed by atoms with Crippen LogP contribution in [-0.4, -0.2) is 34.7 Å². The SMILES string of the molecule is COc1ccc(-c2ncc(C(=O)O)c(N3CCc4ccccc4C3)n2)cc1. The zero-order valence-corrected chi connectivity index (χ0v) is 14.9. The fraction of sp³-hybridized carbons (Fsp3) is 0.190. The zero-order valence-electron chi connectivity index (χ0n) is 14.9. The first-order valence-corrected chi connectivity index (χ1v) is 8.72. The highest BCUT2D eigenvalue weighted by molar-refractivity contribution is 5.93. The van der Waals surface area contributed by atoms with Crippen LogP contribution in [0.4, 0.5) is 5.82 Å². The summed E-state index contributed by atoms with van der Waals surface area (Å²) in [6.45, 7) is 1.35. The van der Waals surface area contributed by atoms with E-state index in [0.717, 1.165) is 24.3 Å². The highest BCUT2D eigenvalue weighted by atomic mass is 16.5. The van der Waals surface area contributed by atoms with Gasteiger partial charge in [-0.25, -0.2) is 14.8 Å². The Morgan fingerprint density at radius 2 is 1.85 bits per heavy atom. The molecule has 2 aromatic carbocycles. The molecule has 27 heavy (non-hydrogen) atoms. The van der Waals surface area contributed by atoms with E-state index in [1.165, 1.54) is 17.3 Å². The van der Waals surface area contributed by atoms with Crippen molar-refractivity contribution in [2.45, 2.75) is 13.0 Å². The molecule has 6 nitrogen and oxygen atoms in total. The molecule has 1 aliphatic heterocycles. The van der Waals surface area contributed by atoms with E-state index in [9.17, 15) is 9.90 Å². The molecule has 0 aliphatic carbocycles. The summed E-state index contributed by atoms with van der Waals surface area (Å²) in [4.78, 5) is 22.6. The predicted octanol–water partition coefficient (Wildman–Crippen LogP) is 3.41. The summed E-state index contributed by atoms with van der Waals surface area (Å²) in [6.07, 6.45) is 2.25. The van der Waals surface area contributed by atoms with Crippen molar-refractivity contribution in [1.82, 2.24) is 9.97 Å². The standard InChI is InChI=1S/C21H19N3O3/c1-27-17-8-6-15(7-9-17)19-22-12-18(21(25)26)20(23-19)24-11-10-14-4-2-3-5-16(14)13-24/h2-9,12H,10-11,13H2,1H3,(H,25,26). The molecule has 3 aromatic rings. The Kier molecular flexibility index (Phi) is 4.46. The molecule has 6 heteroatoms. The van der Waals surface area contributed by atoms with Crippen LogP contribution in [-0.2, 0) is 13.0 Å². The van der Waals surface area contributed by atoms with Gasteiger partial charge in [0.1, 0.15) is 17.1 Å². The summed E-state index contributed by atoms with van der Waals surface area (Å²) in [7, 11) is 1.61. The van der Waals surface area contributed by atoms with Crippen LogP contribution in [0.3, 0.4) is 0 Å². The third-order valence-electron chi connectivity index (χ3n) is 4.78. The third-order valence-corrected chi connectivity index (χ3v) is 4.78. The first-order valence-electron chi connectivity index (χ1n) is 8.72. The maximum Gasteiger partial charge on any atom is 0.341 e. The van der Waals surface area contributed by atoms with Crippen molar-refractivity contribution in [3.8, 4) is 17.1 Å². The lowest BCUT2D eigenvalue weighted by molar-refractivity contribution is 0.0696. The number of carboxylic acids is 1. The van der Waals surface area contributed by atoms with Crippen LogP contribution in [0.1, 0.15) is 21.5 Å². The number of aromatic carboxylic acids is 1. The molecule has 1 aliphatic rings. The summed E-state index contributed by atoms with van der Waals surface area (Å²) in [6, 6.07) is 15.6. The molecule has 0 amide bonds. The fourth-order valence-corrected chi connectivity index (χ4v) is 3.32. The molecule has 0 radical (unpaired) electrons. The summed E-state index contributed by atoms with van der Waals surface area (Å²) in [5.41, 5.74) is 3.43. The molecular weight excluding hydrogens is 342 g/mol. The Labute approximate surface area is 157 Å². The van der Waals surface area contributed by atoms with E-state index in [1.54, 1.807) is 7.11 Å². The van der Waals surface area contributed by atoms with Crippen molar-refractivity contribution in [2.75, 3.05) is 18.6 Å². The second-order valence-corrected chi connectivity index (χ2v) is 6.40. The van der Waals surface area contributed by atoms with Gasteiger partial charge in [0.05, 0.1) is 7.11 Å². The van der Waals surface area contributed by atoms with Crippen molar-refractivity contribution in [3.63, 3.8) is 0 Å². The molecule has 0 bridgehead atoms. The van der Waals surface area contributed by atoms with Gasteiger partial charge in [0.25, 0.3) is 0 Å². The average Bonchev–Trinajstić information content (AvgIpc) is 2.73. The number of hydrogen-bond acceptors (Lipinski definition) is 5. The van der Waals surface area contributed by atoms with Gasteiger partial charge in [0.2, 0.25) is 0 Å². The Balaban J connectivity index is 1.73. The normalized spacial score (nSPS) is 13.1. The molecular formula is C21H19N3O3. The van der Waals surface area contributed by atoms with E-state index in [2.05, 4.69) is 22.1 Å². The molecule has 2 heterocycles. The fourth-order valence-electron chi connectivity index (χ4n) is 3.32. The number of rotatable bonds is 4. The van der Waals surface area contributed by atoms with E-state index in [1.807, 2.05) is 41.3 Å². The molecule has 1 aromatic heterocycles. The van der Waals surface area contributed by atoms with Crippen LogP contribution in [0.2, 0.25) is 0 Å². The van der Waals surface area contributed by atoms with Crippen LogP contribution in [0, 0.1) is 0 Å². The monoisotopic (exact) mass is 361 g/mol. The second-order valence-electron chi connectivity index (χ2n) is 6.40. The Morgan fingerprint density at radius 1 is 1.11 bits per heavy atom. The van der Waals surface area contributed by atoms with Gasteiger partial charge in [-0.15, -0.1) is 0 Å². The number of aromatic nitrogens is 2. The lowest BCUT2D eigenvalue weighted by atomic mass is 9.99. The van der Waals surface area contributed by atoms with E-state index in [4.69, 9.17) is 4.74 Å². The number of ether oxygens (including phenoxy) is 1. The van der Waals surface area contributed by atoms with Gasteiger partial charge in [0.15, 0.2) is 5.82 Å². The van der Waals surface area contributed by atoms with Crippen molar-refractivity contribution < 1.29 is 14.6 Å². The number of nitrogens with zero attached hydrogens (tertiary/aromatic N) is 3. The van der Waals surface area contributed by atoms with E-state index in [0.29, 0.717) is 18.2 Å². The number of methoxy groups -OCH3 is 1. The van der Waals surface area contributed by atoms with Gasteiger partial charge < -0.3 is 14.7 Å². The lowest BCUT2D eigenvalue weighted by Gasteiger charge is -2.30. The van der Waals surface area contributed by atoms with Gasteiger partial charge in [-0.1, -0.05) is 24.3 Å². The number of anilines is 1. The van der Waals surface area contributed by atoms with Crippen molar-refractivity contribution in [3.05, 3.63) is 71.4 Å². The van der Waals surface area contributed by atoms with Crippen LogP contribution < -0.4 is 9.64 Å². The molecule has 1 N–H and O–H groups in total. The van der Waals surface area contributed by atoms with Crippen molar-refractivity contribution in [1.29, 1.82) is 0 Å². The summed E-state index contributed by atoms with van der Waals surface area (Å²) in [5, 5.41) is 9.60. The Bertz CT molecular complexity index is 986. The maximum atomic E-state index is 11.7. The van der Waals surface area contributed by atoms with Crippen molar-refractivity contribution >= 4 is 11.8 Å². The van der Waals surface area contributed by atoms with E-state index < -0.39 is 5.97 Å². The topological polar surface area (TPSA) is 75.6 Å². The summed E-state index contributed by atoms with van der Waals surface area (Å²) in [5.74, 6) is 0.674. The van der Waals surface area contributed by atoms with Crippen LogP contribution >= 0.6 is 0 Å². The predicted molar refractivity (Wildman–Crippen MR) is 102 cm³/mol. The lowest BCUT2D eigenvalue weighted by Crippen LogP contribution is -2.32. The molecule has 0 fully saturated rings. The maximum absolute atomic E-state index is 11.7. The molecule has 0 unspecified atom stereocenters. The third kappa shape index (κ3) is 3.33. The Morgan fingerprint density at radius 3 is 2.56 bits per heavy atom. The molecule has 0 saturated heterocycles. The van der Waals surface area contributed by atoms with Gasteiger partial charge in [0, 0.05) is 24.8 Å². The Hall–Kier alpha value is -3.41. The minimum atomic E-state index is -1.02. The van der Waals surface area contributed by atoms with Crippen molar-refractivity contribution in [2.24, 2.45) is 0 Å². The molecule has 0 atom stereocenters. The van der Waals surface area contributed by atoms with E-state index >= 15 is 0 Å². The minimum Gasteiger partial charge on any atom is -0.497 e. The van der Waals surface area contributed by atoms with Crippen LogP contribution in [0.25, 0.3) is 11.4 Å². The highest BCUT2D eigenvalue weighted by Gasteiger charge is 2.23. The summed E-state index contributed by atoms with van der Waals surface area (Å²) < 4.78 is 5.18. The van der Waals surface area contributed by atoms with Crippen LogP contribution in [0.15, 0.2) is 54.7 Å². The largest absolute Gasteiger partial charge is 0.497 e. The molecule has 0 spiro atoms. The molecule has 4 rings (SSSR count). The van der Waals surface area contributed by atoms with E-state index in [-0.39, 0.29) is 5.56 Å². The van der Waals surface area contributed by atoms with Gasteiger partial charge in [-0.05, 0) is 41.8 Å². The zero-order chi connectivity index (χ0) is 18.8. The van der Waals surface area contributed by atoms with Gasteiger partial charge in [-0.2, -0.15) is 0 Å². The second kappa shape index (κ2) is 7.07. The van der Waals surface area contributed by atoms with Gasteiger partial charge in [-0.3, -0.25) is 0 Å². The van der Waals surface area contributed by atoms with Gasteiger partial charge >= 0.3 is 5.97 Å². The first-order chi connectivity index (χ1) is 13.2. The van der Waals surface area contributed by atoms with Crippen LogP contribution in [0.5, 0.6) is 5.75 Å². The summed E-state index contributed by atoms with van der Waals surface area (Å²) >= 11 is 0. The smallest absolute Gasteiger partial charge is 0.341 e. The number of carboxylic acid groups (broad SMARTS) is 1.